The molecule has 168 valence electrons. The fourth-order valence-corrected chi connectivity index (χ4v) is 5.23. The minimum absolute atomic E-state index is 0.00921. The van der Waals surface area contributed by atoms with Crippen molar-refractivity contribution in [3.8, 4) is 0 Å². The number of nitrogens with one attached hydrogen (secondary N) is 1. The molecule has 32 heavy (non-hydrogen) atoms. The van der Waals surface area contributed by atoms with Crippen LogP contribution in [-0.4, -0.2) is 48.1 Å². The van der Waals surface area contributed by atoms with Crippen molar-refractivity contribution >= 4 is 50.3 Å². The van der Waals surface area contributed by atoms with Crippen molar-refractivity contribution in [1.29, 1.82) is 0 Å². The summed E-state index contributed by atoms with van der Waals surface area (Å²) in [7, 11) is 0. The molecule has 0 bridgehead atoms. The third kappa shape index (κ3) is 4.72. The number of hydrogen-bond donors (Lipinski definition) is 2. The van der Waals surface area contributed by atoms with Gasteiger partial charge in [-0.15, -0.1) is 0 Å². The molecule has 0 aliphatic carbocycles. The van der Waals surface area contributed by atoms with Gasteiger partial charge in [-0.05, 0) is 49.1 Å². The van der Waals surface area contributed by atoms with Crippen LogP contribution in [0.4, 0.5) is 9.93 Å². The summed E-state index contributed by atoms with van der Waals surface area (Å²) >= 11 is 7.65. The van der Waals surface area contributed by atoms with Gasteiger partial charge in [0, 0.05) is 23.5 Å². The van der Waals surface area contributed by atoms with E-state index in [1.165, 1.54) is 11.3 Å². The van der Waals surface area contributed by atoms with Gasteiger partial charge in [0.2, 0.25) is 5.91 Å². The second-order valence-electron chi connectivity index (χ2n) is 8.02. The van der Waals surface area contributed by atoms with E-state index in [9.17, 15) is 9.59 Å². The van der Waals surface area contributed by atoms with Crippen molar-refractivity contribution in [1.82, 2.24) is 9.88 Å². The van der Waals surface area contributed by atoms with Crippen molar-refractivity contribution in [2.45, 2.75) is 25.2 Å². The van der Waals surface area contributed by atoms with E-state index in [0.29, 0.717) is 36.1 Å². The summed E-state index contributed by atoms with van der Waals surface area (Å²) in [5.74, 6) is -0.0746. The predicted octanol–water partition coefficient (Wildman–Crippen LogP) is 4.33. The average Bonchev–Trinajstić information content (AvgIpc) is 3.21. The van der Waals surface area contributed by atoms with Crippen molar-refractivity contribution in [3.05, 3.63) is 58.6 Å². The zero-order valence-electron chi connectivity index (χ0n) is 17.8. The summed E-state index contributed by atoms with van der Waals surface area (Å²) in [5.41, 5.74) is 8.01. The van der Waals surface area contributed by atoms with Gasteiger partial charge in [0.1, 0.15) is 6.61 Å². The van der Waals surface area contributed by atoms with Crippen LogP contribution in [0.2, 0.25) is 5.02 Å². The number of nitrogens with two attached hydrogens (primary N) is 1. The summed E-state index contributed by atoms with van der Waals surface area (Å²) in [6, 6.07) is 13.5. The van der Waals surface area contributed by atoms with Crippen LogP contribution in [0.3, 0.4) is 0 Å². The van der Waals surface area contributed by atoms with Gasteiger partial charge in [0.15, 0.2) is 5.13 Å². The first kappa shape index (κ1) is 22.5. The van der Waals surface area contributed by atoms with Crippen LogP contribution in [0.5, 0.6) is 0 Å². The zero-order valence-corrected chi connectivity index (χ0v) is 19.3. The van der Waals surface area contributed by atoms with E-state index in [4.69, 9.17) is 22.1 Å². The van der Waals surface area contributed by atoms with Gasteiger partial charge in [0.25, 0.3) is 0 Å². The lowest BCUT2D eigenvalue weighted by Gasteiger charge is -2.41. The summed E-state index contributed by atoms with van der Waals surface area (Å²) in [6.07, 6.45) is 0.739. The number of anilines is 1. The number of thiazole rings is 1. The minimum Gasteiger partial charge on any atom is -0.448 e. The number of likely N-dealkylation sites (tertiary alicyclic amines) is 1. The number of carbonyl (C=O) groups is 2. The van der Waals surface area contributed by atoms with Crippen LogP contribution in [0, 0.1) is 6.92 Å². The third-order valence-electron chi connectivity index (χ3n) is 5.99. The normalized spacial score (nSPS) is 15.5. The predicted molar refractivity (Wildman–Crippen MR) is 127 cm³/mol. The molecular weight excluding hydrogens is 448 g/mol. The highest BCUT2D eigenvalue weighted by Gasteiger charge is 2.39. The van der Waals surface area contributed by atoms with Gasteiger partial charge in [-0.2, -0.15) is 0 Å². The molecule has 1 aromatic heterocycles. The molecule has 0 spiro atoms. The SMILES string of the molecule is Cc1cccc2sc(NC(=O)OCC3(c4cccc(Cl)c4)CCN(C(=O)CN)CC3)nc12. The Morgan fingerprint density at radius 2 is 2.00 bits per heavy atom. The lowest BCUT2D eigenvalue weighted by atomic mass is 9.73. The lowest BCUT2D eigenvalue weighted by molar-refractivity contribution is -0.131. The highest BCUT2D eigenvalue weighted by atomic mass is 35.5. The summed E-state index contributed by atoms with van der Waals surface area (Å²) in [6.45, 7) is 3.24. The van der Waals surface area contributed by atoms with Gasteiger partial charge in [-0.1, -0.05) is 47.2 Å². The molecule has 2 heterocycles. The highest BCUT2D eigenvalue weighted by Crippen LogP contribution is 2.37. The minimum atomic E-state index is -0.552. The first-order valence-electron chi connectivity index (χ1n) is 10.4. The van der Waals surface area contributed by atoms with Crippen LogP contribution in [-0.2, 0) is 14.9 Å². The Labute approximate surface area is 195 Å². The van der Waals surface area contributed by atoms with E-state index < -0.39 is 11.5 Å². The van der Waals surface area contributed by atoms with Gasteiger partial charge >= 0.3 is 6.09 Å². The Morgan fingerprint density at radius 3 is 2.69 bits per heavy atom. The standard InChI is InChI=1S/C23H25ClN4O3S/c1-15-4-2-7-18-20(15)26-21(32-18)27-22(30)31-14-23(16-5-3-6-17(24)12-16)8-10-28(11-9-23)19(29)13-25/h2-7,12H,8-11,13-14,25H2,1H3,(H,26,27,30). The van der Waals surface area contributed by atoms with Crippen LogP contribution in [0.15, 0.2) is 42.5 Å². The van der Waals surface area contributed by atoms with Gasteiger partial charge < -0.3 is 15.4 Å². The summed E-state index contributed by atoms with van der Waals surface area (Å²) in [5, 5.41) is 3.87. The first-order valence-corrected chi connectivity index (χ1v) is 11.6. The molecule has 3 N–H and O–H groups in total. The number of para-hydroxylation sites is 1. The maximum Gasteiger partial charge on any atom is 0.413 e. The van der Waals surface area contributed by atoms with Crippen molar-refractivity contribution in [2.75, 3.05) is 31.6 Å². The molecule has 3 aromatic rings. The van der Waals surface area contributed by atoms with E-state index in [1.54, 1.807) is 4.90 Å². The van der Waals surface area contributed by atoms with E-state index in [0.717, 1.165) is 21.3 Å². The maximum atomic E-state index is 12.6. The number of fused-ring (bicyclic) bond motifs is 1. The summed E-state index contributed by atoms with van der Waals surface area (Å²) in [4.78, 5) is 30.9. The Morgan fingerprint density at radius 1 is 1.25 bits per heavy atom. The van der Waals surface area contributed by atoms with E-state index in [1.807, 2.05) is 49.4 Å². The smallest absolute Gasteiger partial charge is 0.413 e. The Hall–Kier alpha value is -2.68. The molecule has 0 radical (unpaired) electrons. The number of rotatable bonds is 5. The Bertz CT molecular complexity index is 1140. The lowest BCUT2D eigenvalue weighted by Crippen LogP contribution is -2.49. The van der Waals surface area contributed by atoms with Gasteiger partial charge in [-0.3, -0.25) is 10.1 Å². The summed E-state index contributed by atoms with van der Waals surface area (Å²) < 4.78 is 6.68. The van der Waals surface area contributed by atoms with E-state index in [-0.39, 0.29) is 19.1 Å². The molecule has 0 saturated carbocycles. The van der Waals surface area contributed by atoms with Crippen LogP contribution >= 0.6 is 22.9 Å². The van der Waals surface area contributed by atoms with Gasteiger partial charge in [-0.25, -0.2) is 9.78 Å². The number of amides is 2. The molecule has 1 aliphatic rings. The number of piperidine rings is 1. The fourth-order valence-electron chi connectivity index (χ4n) is 4.11. The maximum absolute atomic E-state index is 12.6. The number of nitrogens with zero attached hydrogens (tertiary/aromatic N) is 2. The van der Waals surface area contributed by atoms with Crippen molar-refractivity contribution in [2.24, 2.45) is 5.73 Å². The Balaban J connectivity index is 1.48. The molecule has 9 heteroatoms. The number of halogens is 1. The van der Waals surface area contributed by atoms with E-state index in [2.05, 4.69) is 10.3 Å². The molecular formula is C23H25ClN4O3S. The van der Waals surface area contributed by atoms with Crippen LogP contribution in [0.25, 0.3) is 10.2 Å². The second-order valence-corrected chi connectivity index (χ2v) is 9.48. The molecule has 0 atom stereocenters. The number of aromatic nitrogens is 1. The molecule has 1 fully saturated rings. The second kappa shape index (κ2) is 9.44. The molecule has 1 aliphatic heterocycles. The Kier molecular flexibility index (Phi) is 6.64. The molecule has 2 amide bonds. The number of carbonyl (C=O) groups excluding carboxylic acids is 2. The highest BCUT2D eigenvalue weighted by molar-refractivity contribution is 7.22. The third-order valence-corrected chi connectivity index (χ3v) is 7.17. The van der Waals surface area contributed by atoms with Crippen LogP contribution < -0.4 is 11.1 Å². The first-order chi connectivity index (χ1) is 15.4. The molecule has 2 aromatic carbocycles. The monoisotopic (exact) mass is 472 g/mol. The molecule has 0 unspecified atom stereocenters. The number of benzene rings is 2. The molecule has 4 rings (SSSR count). The van der Waals surface area contributed by atoms with E-state index >= 15 is 0 Å². The molecule has 1 saturated heterocycles. The number of hydrogen-bond acceptors (Lipinski definition) is 6. The average molecular weight is 473 g/mol. The molecule has 7 nitrogen and oxygen atoms in total. The number of ether oxygens (including phenoxy) is 1. The number of aryl methyl sites for hydroxylation is 1. The van der Waals surface area contributed by atoms with Crippen molar-refractivity contribution < 1.29 is 14.3 Å². The largest absolute Gasteiger partial charge is 0.448 e. The zero-order chi connectivity index (χ0) is 22.7. The van der Waals surface area contributed by atoms with Gasteiger partial charge in [0.05, 0.1) is 16.8 Å². The topological polar surface area (TPSA) is 97.5 Å². The van der Waals surface area contributed by atoms with Crippen molar-refractivity contribution in [3.63, 3.8) is 0 Å². The van der Waals surface area contributed by atoms with Crippen LogP contribution in [0.1, 0.15) is 24.0 Å². The fraction of sp³-hybridized carbons (Fsp3) is 0.348. The quantitative estimate of drug-likeness (QED) is 0.576.